The van der Waals surface area contributed by atoms with Crippen LogP contribution in [0.15, 0.2) is 53.5 Å². The van der Waals surface area contributed by atoms with Crippen molar-refractivity contribution in [2.75, 3.05) is 0 Å². The van der Waals surface area contributed by atoms with Crippen LogP contribution in [0.5, 0.6) is 0 Å². The summed E-state index contributed by atoms with van der Waals surface area (Å²) >= 11 is 1.60. The minimum Gasteiger partial charge on any atom is -0.481 e. The highest BCUT2D eigenvalue weighted by Gasteiger charge is 2.00. The molecule has 0 fully saturated rings. The lowest BCUT2D eigenvalue weighted by molar-refractivity contribution is -0.143. The van der Waals surface area contributed by atoms with E-state index >= 15 is 0 Å². The van der Waals surface area contributed by atoms with Gasteiger partial charge in [0.2, 0.25) is 0 Å². The van der Waals surface area contributed by atoms with Crippen molar-refractivity contribution >= 4 is 23.3 Å². The summed E-state index contributed by atoms with van der Waals surface area (Å²) in [6.07, 6.45) is 1.18. The Morgan fingerprint density at radius 2 is 1.32 bits per heavy atom. The first-order valence-corrected chi connectivity index (χ1v) is 6.33. The SMILES string of the molecule is O=C(O)CCC(=O)O.c1ccccc1.c1cscn1. The minimum atomic E-state index is -1.08. The van der Waals surface area contributed by atoms with Crippen LogP contribution in [-0.4, -0.2) is 27.1 Å². The summed E-state index contributed by atoms with van der Waals surface area (Å²) in [6.45, 7) is 0. The summed E-state index contributed by atoms with van der Waals surface area (Å²) in [7, 11) is 0. The lowest BCUT2D eigenvalue weighted by Crippen LogP contribution is -2.00. The Morgan fingerprint density at radius 3 is 1.47 bits per heavy atom. The molecule has 2 N–H and O–H groups in total. The summed E-state index contributed by atoms with van der Waals surface area (Å²) in [6, 6.07) is 12.0. The summed E-state index contributed by atoms with van der Waals surface area (Å²) in [4.78, 5) is 23.0. The monoisotopic (exact) mass is 281 g/mol. The second kappa shape index (κ2) is 12.3. The molecule has 0 aliphatic heterocycles. The zero-order chi connectivity index (χ0) is 14.3. The molecular weight excluding hydrogens is 266 g/mol. The number of carboxylic acid groups (broad SMARTS) is 2. The van der Waals surface area contributed by atoms with E-state index in [2.05, 4.69) is 4.98 Å². The van der Waals surface area contributed by atoms with Crippen LogP contribution in [-0.2, 0) is 9.59 Å². The standard InChI is InChI=1S/C6H6.C4H6O4.C3H3NS/c1-2-4-6-5-3-1;5-3(6)1-2-4(7)8;1-2-5-3-4-1/h1-6H;1-2H2,(H,5,6)(H,7,8);1-3H. The van der Waals surface area contributed by atoms with E-state index < -0.39 is 11.9 Å². The van der Waals surface area contributed by atoms with E-state index in [0.29, 0.717) is 0 Å². The van der Waals surface area contributed by atoms with Gasteiger partial charge in [0.15, 0.2) is 0 Å². The fraction of sp³-hybridized carbons (Fsp3) is 0.154. The highest BCUT2D eigenvalue weighted by atomic mass is 32.1. The van der Waals surface area contributed by atoms with E-state index in [4.69, 9.17) is 10.2 Å². The Labute approximate surface area is 115 Å². The number of carbonyl (C=O) groups is 2. The van der Waals surface area contributed by atoms with Gasteiger partial charge in [-0.25, -0.2) is 0 Å². The molecule has 0 radical (unpaired) electrons. The molecule has 0 saturated heterocycles. The van der Waals surface area contributed by atoms with Gasteiger partial charge in [-0.3, -0.25) is 14.6 Å². The number of thiazole rings is 1. The second-order valence-electron chi connectivity index (χ2n) is 3.12. The Bertz CT molecular complexity index is 373. The first kappa shape index (κ1) is 16.8. The van der Waals surface area contributed by atoms with Crippen LogP contribution in [0.4, 0.5) is 0 Å². The number of hydrogen-bond acceptors (Lipinski definition) is 4. The van der Waals surface area contributed by atoms with E-state index in [-0.39, 0.29) is 12.8 Å². The van der Waals surface area contributed by atoms with Crippen molar-refractivity contribution in [1.29, 1.82) is 0 Å². The van der Waals surface area contributed by atoms with Crippen LogP contribution in [0.3, 0.4) is 0 Å². The van der Waals surface area contributed by atoms with Gasteiger partial charge in [0.25, 0.3) is 0 Å². The normalized spacial score (nSPS) is 8.21. The van der Waals surface area contributed by atoms with E-state index in [1.807, 2.05) is 41.8 Å². The molecule has 6 heteroatoms. The second-order valence-corrected chi connectivity index (χ2v) is 3.87. The molecule has 1 heterocycles. The molecular formula is C13H15NO4S. The van der Waals surface area contributed by atoms with Gasteiger partial charge in [-0.15, -0.1) is 11.3 Å². The number of nitrogens with zero attached hydrogens (tertiary/aromatic N) is 1. The number of hydrogen-bond donors (Lipinski definition) is 2. The molecule has 1 aromatic carbocycles. The maximum Gasteiger partial charge on any atom is 0.303 e. The van der Waals surface area contributed by atoms with Crippen molar-refractivity contribution in [2.45, 2.75) is 12.8 Å². The van der Waals surface area contributed by atoms with Crippen LogP contribution < -0.4 is 0 Å². The Hall–Kier alpha value is -2.21. The Morgan fingerprint density at radius 1 is 0.895 bits per heavy atom. The molecule has 19 heavy (non-hydrogen) atoms. The maximum absolute atomic E-state index is 9.64. The van der Waals surface area contributed by atoms with Crippen LogP contribution in [0.1, 0.15) is 12.8 Å². The lowest BCUT2D eigenvalue weighted by Gasteiger charge is -1.85. The fourth-order valence-electron chi connectivity index (χ4n) is 0.774. The van der Waals surface area contributed by atoms with Crippen molar-refractivity contribution in [2.24, 2.45) is 0 Å². The van der Waals surface area contributed by atoms with Crippen LogP contribution in [0.25, 0.3) is 0 Å². The zero-order valence-electron chi connectivity index (χ0n) is 10.2. The molecule has 0 atom stereocenters. The van der Waals surface area contributed by atoms with E-state index in [1.165, 1.54) is 0 Å². The van der Waals surface area contributed by atoms with E-state index in [0.717, 1.165) is 0 Å². The third-order valence-electron chi connectivity index (χ3n) is 1.57. The maximum atomic E-state index is 9.64. The molecule has 0 aliphatic rings. The summed E-state index contributed by atoms with van der Waals surface area (Å²) in [5, 5.41) is 17.7. The number of rotatable bonds is 3. The van der Waals surface area contributed by atoms with Gasteiger partial charge in [0.1, 0.15) is 0 Å². The van der Waals surface area contributed by atoms with Crippen LogP contribution in [0.2, 0.25) is 0 Å². The minimum absolute atomic E-state index is 0.296. The van der Waals surface area contributed by atoms with Gasteiger partial charge < -0.3 is 10.2 Å². The van der Waals surface area contributed by atoms with Crippen molar-refractivity contribution in [3.05, 3.63) is 53.5 Å². The molecule has 5 nitrogen and oxygen atoms in total. The van der Waals surface area contributed by atoms with Gasteiger partial charge in [-0.2, -0.15) is 0 Å². The molecule has 0 saturated carbocycles. The number of aromatic nitrogens is 1. The van der Waals surface area contributed by atoms with Crippen molar-refractivity contribution in [3.8, 4) is 0 Å². The summed E-state index contributed by atoms with van der Waals surface area (Å²) in [5.74, 6) is -2.15. The highest BCUT2D eigenvalue weighted by Crippen LogP contribution is 1.86. The first-order chi connectivity index (χ1) is 9.13. The Kier molecular flexibility index (Phi) is 10.8. The molecule has 0 aliphatic carbocycles. The number of carboxylic acids is 2. The van der Waals surface area contributed by atoms with E-state index in [1.54, 1.807) is 23.0 Å². The number of benzene rings is 1. The smallest absolute Gasteiger partial charge is 0.303 e. The van der Waals surface area contributed by atoms with Gasteiger partial charge in [0.05, 0.1) is 18.4 Å². The molecule has 0 bridgehead atoms. The number of aliphatic carboxylic acids is 2. The van der Waals surface area contributed by atoms with Gasteiger partial charge in [0, 0.05) is 11.6 Å². The molecule has 1 aromatic heterocycles. The third kappa shape index (κ3) is 15.8. The lowest BCUT2D eigenvalue weighted by atomic mass is 10.3. The average molecular weight is 281 g/mol. The largest absolute Gasteiger partial charge is 0.481 e. The first-order valence-electron chi connectivity index (χ1n) is 5.38. The summed E-state index contributed by atoms with van der Waals surface area (Å²) in [5.41, 5.74) is 1.79. The van der Waals surface area contributed by atoms with Gasteiger partial charge >= 0.3 is 11.9 Å². The predicted octanol–water partition coefficient (Wildman–Crippen LogP) is 2.77. The molecule has 102 valence electrons. The quantitative estimate of drug-likeness (QED) is 0.903. The molecule has 2 rings (SSSR count). The fourth-order valence-corrected chi connectivity index (χ4v) is 1.13. The van der Waals surface area contributed by atoms with Gasteiger partial charge in [-0.1, -0.05) is 36.4 Å². The molecule has 0 amide bonds. The van der Waals surface area contributed by atoms with Gasteiger partial charge in [-0.05, 0) is 0 Å². The molecule has 2 aromatic rings. The zero-order valence-corrected chi connectivity index (χ0v) is 11.0. The molecule has 0 spiro atoms. The topological polar surface area (TPSA) is 87.5 Å². The van der Waals surface area contributed by atoms with Crippen LogP contribution in [0, 0.1) is 0 Å². The summed E-state index contributed by atoms with van der Waals surface area (Å²) < 4.78 is 0. The molecule has 0 unspecified atom stereocenters. The Balaban J connectivity index is 0.000000262. The third-order valence-corrected chi connectivity index (χ3v) is 2.09. The van der Waals surface area contributed by atoms with Crippen molar-refractivity contribution in [3.63, 3.8) is 0 Å². The predicted molar refractivity (Wildman–Crippen MR) is 73.1 cm³/mol. The highest BCUT2D eigenvalue weighted by molar-refractivity contribution is 7.07. The van der Waals surface area contributed by atoms with Crippen molar-refractivity contribution < 1.29 is 19.8 Å². The van der Waals surface area contributed by atoms with E-state index in [9.17, 15) is 9.59 Å². The average Bonchev–Trinajstić information content (AvgIpc) is 2.98. The van der Waals surface area contributed by atoms with Crippen LogP contribution >= 0.6 is 11.3 Å². The van der Waals surface area contributed by atoms with Crippen molar-refractivity contribution in [1.82, 2.24) is 4.98 Å².